The monoisotopic (exact) mass is 161 g/mol. The lowest BCUT2D eigenvalue weighted by molar-refractivity contribution is -0.138. The highest BCUT2D eigenvalue weighted by Gasteiger charge is 2.06. The Morgan fingerprint density at radius 2 is 2.36 bits per heavy atom. The van der Waals surface area contributed by atoms with Crippen LogP contribution in [-0.2, 0) is 4.79 Å². The van der Waals surface area contributed by atoms with Crippen molar-refractivity contribution in [1.29, 1.82) is 0 Å². The van der Waals surface area contributed by atoms with E-state index in [-0.39, 0.29) is 13.1 Å². The van der Waals surface area contributed by atoms with Crippen LogP contribution in [0.1, 0.15) is 0 Å². The molecule has 0 spiro atoms. The molecule has 0 amide bonds. The number of halogens is 1. The van der Waals surface area contributed by atoms with Crippen LogP contribution < -0.4 is 0 Å². The van der Waals surface area contributed by atoms with E-state index < -0.39 is 12.6 Å². The summed E-state index contributed by atoms with van der Waals surface area (Å²) in [5.41, 5.74) is 0. The summed E-state index contributed by atoms with van der Waals surface area (Å²) in [6, 6.07) is 0. The molecule has 0 fully saturated rings. The fourth-order valence-corrected chi connectivity index (χ4v) is 0.728. The van der Waals surface area contributed by atoms with E-state index in [0.29, 0.717) is 6.54 Å². The first-order valence-corrected chi connectivity index (χ1v) is 3.31. The van der Waals surface area contributed by atoms with Crippen LogP contribution in [0, 0.1) is 0 Å². The highest BCUT2D eigenvalue weighted by Crippen LogP contribution is 1.88. The van der Waals surface area contributed by atoms with Crippen LogP contribution in [0.4, 0.5) is 4.39 Å². The van der Waals surface area contributed by atoms with Gasteiger partial charge in [0.2, 0.25) is 0 Å². The molecule has 0 atom stereocenters. The molecular weight excluding hydrogens is 149 g/mol. The van der Waals surface area contributed by atoms with Gasteiger partial charge in [0.15, 0.2) is 0 Å². The number of hydrogen-bond donors (Lipinski definition) is 1. The minimum absolute atomic E-state index is 0.129. The lowest BCUT2D eigenvalue weighted by atomic mass is 10.4. The molecule has 0 aromatic heterocycles. The lowest BCUT2D eigenvalue weighted by Crippen LogP contribution is -2.31. The predicted octanol–water partition coefficient (Wildman–Crippen LogP) is 0.528. The molecule has 0 aromatic carbocycles. The highest BCUT2D eigenvalue weighted by molar-refractivity contribution is 5.69. The zero-order valence-electron chi connectivity index (χ0n) is 6.29. The van der Waals surface area contributed by atoms with Gasteiger partial charge in [0.25, 0.3) is 0 Å². The average molecular weight is 161 g/mol. The van der Waals surface area contributed by atoms with Gasteiger partial charge in [-0.2, -0.15) is 0 Å². The molecule has 4 heteroatoms. The summed E-state index contributed by atoms with van der Waals surface area (Å²) >= 11 is 0. The number of rotatable bonds is 6. The third kappa shape index (κ3) is 5.54. The third-order valence-corrected chi connectivity index (χ3v) is 1.15. The van der Waals surface area contributed by atoms with E-state index in [1.165, 1.54) is 4.90 Å². The molecule has 64 valence electrons. The van der Waals surface area contributed by atoms with Crippen LogP contribution in [-0.4, -0.2) is 42.3 Å². The Morgan fingerprint density at radius 1 is 1.73 bits per heavy atom. The first kappa shape index (κ1) is 10.1. The van der Waals surface area contributed by atoms with Gasteiger partial charge in [0.05, 0.1) is 6.54 Å². The highest BCUT2D eigenvalue weighted by atomic mass is 19.1. The minimum atomic E-state index is -0.944. The number of aliphatic carboxylic acids is 1. The van der Waals surface area contributed by atoms with E-state index in [2.05, 4.69) is 6.58 Å². The quantitative estimate of drug-likeness (QED) is 0.577. The molecule has 0 aliphatic rings. The summed E-state index contributed by atoms with van der Waals surface area (Å²) < 4.78 is 11.7. The van der Waals surface area contributed by atoms with Crippen molar-refractivity contribution in [2.45, 2.75) is 0 Å². The Balaban J connectivity index is 3.67. The molecule has 0 aliphatic carbocycles. The number of carboxylic acid groups (broad SMARTS) is 1. The average Bonchev–Trinajstić information content (AvgIpc) is 1.87. The van der Waals surface area contributed by atoms with Crippen LogP contribution in [0.15, 0.2) is 12.7 Å². The number of nitrogens with zero attached hydrogens (tertiary/aromatic N) is 1. The summed E-state index contributed by atoms with van der Waals surface area (Å²) in [6.45, 7) is 3.34. The second-order valence-corrected chi connectivity index (χ2v) is 2.11. The van der Waals surface area contributed by atoms with Gasteiger partial charge >= 0.3 is 5.97 Å². The summed E-state index contributed by atoms with van der Waals surface area (Å²) in [4.78, 5) is 11.6. The van der Waals surface area contributed by atoms with E-state index in [0.717, 1.165) is 0 Å². The summed E-state index contributed by atoms with van der Waals surface area (Å²) in [7, 11) is 0. The molecule has 0 heterocycles. The van der Waals surface area contributed by atoms with E-state index >= 15 is 0 Å². The molecule has 1 N–H and O–H groups in total. The SMILES string of the molecule is C=CCN(CCF)CC(=O)O. The Bertz CT molecular complexity index is 138. The van der Waals surface area contributed by atoms with Gasteiger partial charge in [-0.05, 0) is 0 Å². The first-order valence-electron chi connectivity index (χ1n) is 3.31. The molecule has 3 nitrogen and oxygen atoms in total. The molecular formula is C7H12FNO2. The van der Waals surface area contributed by atoms with Crippen molar-refractivity contribution >= 4 is 5.97 Å². The molecule has 0 aromatic rings. The van der Waals surface area contributed by atoms with E-state index in [9.17, 15) is 9.18 Å². The summed E-state index contributed by atoms with van der Waals surface area (Å²) in [5.74, 6) is -0.944. The molecule has 0 rings (SSSR count). The number of carbonyl (C=O) groups is 1. The fraction of sp³-hybridized carbons (Fsp3) is 0.571. The lowest BCUT2D eigenvalue weighted by Gasteiger charge is -2.15. The third-order valence-electron chi connectivity index (χ3n) is 1.15. The van der Waals surface area contributed by atoms with E-state index in [1.54, 1.807) is 6.08 Å². The van der Waals surface area contributed by atoms with Gasteiger partial charge in [0, 0.05) is 13.1 Å². The van der Waals surface area contributed by atoms with Gasteiger partial charge in [-0.3, -0.25) is 9.69 Å². The van der Waals surface area contributed by atoms with Crippen molar-refractivity contribution in [2.75, 3.05) is 26.3 Å². The largest absolute Gasteiger partial charge is 0.480 e. The van der Waals surface area contributed by atoms with Crippen molar-refractivity contribution in [3.05, 3.63) is 12.7 Å². The zero-order valence-corrected chi connectivity index (χ0v) is 6.29. The van der Waals surface area contributed by atoms with Crippen LogP contribution in [0.5, 0.6) is 0 Å². The van der Waals surface area contributed by atoms with Crippen LogP contribution >= 0.6 is 0 Å². The molecule has 0 bridgehead atoms. The summed E-state index contributed by atoms with van der Waals surface area (Å²) in [6.07, 6.45) is 1.55. The van der Waals surface area contributed by atoms with Crippen LogP contribution in [0.25, 0.3) is 0 Å². The standard InChI is InChI=1S/C7H12FNO2/c1-2-4-9(5-3-8)6-7(10)11/h2H,1,3-6H2,(H,10,11). The number of alkyl halides is 1. The van der Waals surface area contributed by atoms with Crippen molar-refractivity contribution in [3.8, 4) is 0 Å². The van der Waals surface area contributed by atoms with Gasteiger partial charge in [-0.25, -0.2) is 4.39 Å². The Kier molecular flexibility index (Phi) is 5.37. The van der Waals surface area contributed by atoms with Crippen molar-refractivity contribution in [1.82, 2.24) is 4.90 Å². The maximum atomic E-state index is 11.7. The molecule has 0 aliphatic heterocycles. The molecule has 0 unspecified atom stereocenters. The van der Waals surface area contributed by atoms with Crippen molar-refractivity contribution < 1.29 is 14.3 Å². The zero-order chi connectivity index (χ0) is 8.69. The van der Waals surface area contributed by atoms with E-state index in [4.69, 9.17) is 5.11 Å². The molecule has 0 saturated carbocycles. The van der Waals surface area contributed by atoms with Crippen LogP contribution in [0.2, 0.25) is 0 Å². The van der Waals surface area contributed by atoms with Gasteiger partial charge in [0.1, 0.15) is 6.67 Å². The smallest absolute Gasteiger partial charge is 0.317 e. The summed E-state index contributed by atoms with van der Waals surface area (Å²) in [5, 5.41) is 8.34. The van der Waals surface area contributed by atoms with Crippen molar-refractivity contribution in [3.63, 3.8) is 0 Å². The minimum Gasteiger partial charge on any atom is -0.480 e. The second kappa shape index (κ2) is 5.85. The van der Waals surface area contributed by atoms with Gasteiger partial charge in [-0.1, -0.05) is 6.08 Å². The van der Waals surface area contributed by atoms with Crippen LogP contribution in [0.3, 0.4) is 0 Å². The molecule has 0 radical (unpaired) electrons. The van der Waals surface area contributed by atoms with E-state index in [1.807, 2.05) is 0 Å². The Labute approximate surface area is 65.1 Å². The topological polar surface area (TPSA) is 40.5 Å². The Morgan fingerprint density at radius 3 is 2.73 bits per heavy atom. The number of hydrogen-bond acceptors (Lipinski definition) is 2. The molecule has 0 saturated heterocycles. The maximum absolute atomic E-state index is 11.7. The second-order valence-electron chi connectivity index (χ2n) is 2.11. The first-order chi connectivity index (χ1) is 5.20. The maximum Gasteiger partial charge on any atom is 0.317 e. The van der Waals surface area contributed by atoms with Gasteiger partial charge < -0.3 is 5.11 Å². The van der Waals surface area contributed by atoms with Gasteiger partial charge in [-0.15, -0.1) is 6.58 Å². The fourth-order valence-electron chi connectivity index (χ4n) is 0.728. The van der Waals surface area contributed by atoms with Crippen molar-refractivity contribution in [2.24, 2.45) is 0 Å². The molecule has 11 heavy (non-hydrogen) atoms. The normalized spacial score (nSPS) is 10.0. The number of carboxylic acids is 1. The predicted molar refractivity (Wildman–Crippen MR) is 40.2 cm³/mol. The Hall–Kier alpha value is -0.900.